The summed E-state index contributed by atoms with van der Waals surface area (Å²) in [6.45, 7) is 2.17. The summed E-state index contributed by atoms with van der Waals surface area (Å²) in [6, 6.07) is 25.3. The normalized spacial score (nSPS) is 11.1. The van der Waals surface area contributed by atoms with Crippen LogP contribution in [0.5, 0.6) is 0 Å². The van der Waals surface area contributed by atoms with Crippen molar-refractivity contribution in [2.45, 2.75) is 13.3 Å². The van der Waals surface area contributed by atoms with Crippen LogP contribution in [-0.4, -0.2) is 0 Å². The fourth-order valence-corrected chi connectivity index (χ4v) is 3.03. The summed E-state index contributed by atoms with van der Waals surface area (Å²) in [6.07, 6.45) is 0.951. The van der Waals surface area contributed by atoms with Crippen molar-refractivity contribution in [3.05, 3.63) is 78.4 Å². The largest absolute Gasteiger partial charge is 0.363 e. The molecular formula is C21H17O+. The lowest BCUT2D eigenvalue weighted by Gasteiger charge is -2.02. The Bertz CT molecular complexity index is 955. The van der Waals surface area contributed by atoms with Gasteiger partial charge in [-0.3, -0.25) is 0 Å². The van der Waals surface area contributed by atoms with Gasteiger partial charge in [0.2, 0.25) is 0 Å². The van der Waals surface area contributed by atoms with Crippen LogP contribution in [0.1, 0.15) is 12.5 Å². The Morgan fingerprint density at radius 3 is 2.36 bits per heavy atom. The molecule has 0 unspecified atom stereocenters. The van der Waals surface area contributed by atoms with Crippen LogP contribution in [0.25, 0.3) is 33.1 Å². The molecule has 0 saturated carbocycles. The van der Waals surface area contributed by atoms with Gasteiger partial charge in [0.15, 0.2) is 0 Å². The van der Waals surface area contributed by atoms with Gasteiger partial charge in [-0.25, -0.2) is 4.42 Å². The molecule has 1 heterocycles. The minimum absolute atomic E-state index is 0.940. The molecular weight excluding hydrogens is 268 g/mol. The molecule has 3 aromatic carbocycles. The van der Waals surface area contributed by atoms with Gasteiger partial charge in [-0.2, -0.15) is 0 Å². The number of benzene rings is 3. The van der Waals surface area contributed by atoms with E-state index < -0.39 is 0 Å². The molecule has 0 radical (unpaired) electrons. The molecule has 4 aromatic rings. The molecule has 22 heavy (non-hydrogen) atoms. The van der Waals surface area contributed by atoms with Crippen molar-refractivity contribution in [3.63, 3.8) is 0 Å². The Morgan fingerprint density at radius 2 is 1.55 bits per heavy atom. The molecule has 1 aromatic heterocycles. The average molecular weight is 285 g/mol. The maximum Gasteiger partial charge on any atom is 0.363 e. The number of aryl methyl sites for hydroxylation is 1. The average Bonchev–Trinajstić information content (AvgIpc) is 2.61. The van der Waals surface area contributed by atoms with Gasteiger partial charge in [0.25, 0.3) is 0 Å². The van der Waals surface area contributed by atoms with Gasteiger partial charge in [0, 0.05) is 6.07 Å². The molecule has 1 heteroatoms. The molecule has 0 aliphatic carbocycles. The van der Waals surface area contributed by atoms with Crippen molar-refractivity contribution in [3.8, 4) is 11.3 Å². The second kappa shape index (κ2) is 5.27. The van der Waals surface area contributed by atoms with E-state index in [1.165, 1.54) is 21.7 Å². The van der Waals surface area contributed by atoms with Crippen molar-refractivity contribution >= 4 is 21.7 Å². The third-order valence-electron chi connectivity index (χ3n) is 4.17. The SMILES string of the molecule is CCc1cc2c(ccc3ccccc32)[o+]c1-c1ccccc1. The first kappa shape index (κ1) is 13.0. The number of rotatable bonds is 2. The Kier molecular flexibility index (Phi) is 3.12. The highest BCUT2D eigenvalue weighted by Gasteiger charge is 2.21. The summed E-state index contributed by atoms with van der Waals surface area (Å²) >= 11 is 0. The smallest absolute Gasteiger partial charge is 0.207 e. The van der Waals surface area contributed by atoms with E-state index in [1.54, 1.807) is 0 Å². The number of hydrogen-bond donors (Lipinski definition) is 0. The molecule has 106 valence electrons. The molecule has 1 nitrogen and oxygen atoms in total. The molecule has 0 amide bonds. The second-order valence-electron chi connectivity index (χ2n) is 5.52. The van der Waals surface area contributed by atoms with E-state index in [4.69, 9.17) is 4.42 Å². The minimum atomic E-state index is 0.940. The fourth-order valence-electron chi connectivity index (χ4n) is 3.03. The molecule has 0 spiro atoms. The van der Waals surface area contributed by atoms with Gasteiger partial charge in [0.05, 0.1) is 16.5 Å². The molecule has 0 aliphatic rings. The van der Waals surface area contributed by atoms with E-state index in [9.17, 15) is 0 Å². The zero-order chi connectivity index (χ0) is 14.9. The molecule has 0 N–H and O–H groups in total. The summed E-state index contributed by atoms with van der Waals surface area (Å²) in [5, 5.41) is 3.69. The van der Waals surface area contributed by atoms with Crippen molar-refractivity contribution < 1.29 is 4.42 Å². The van der Waals surface area contributed by atoms with E-state index in [2.05, 4.69) is 73.7 Å². The van der Waals surface area contributed by atoms with Gasteiger partial charge in [-0.1, -0.05) is 49.4 Å². The quantitative estimate of drug-likeness (QED) is 0.320. The number of fused-ring (bicyclic) bond motifs is 3. The maximum atomic E-state index is 6.28. The zero-order valence-corrected chi connectivity index (χ0v) is 12.5. The predicted molar refractivity (Wildman–Crippen MR) is 92.9 cm³/mol. The Morgan fingerprint density at radius 1 is 0.773 bits per heavy atom. The first-order chi connectivity index (χ1) is 10.9. The molecule has 0 atom stereocenters. The standard InChI is InChI=1S/C21H17O/c1-2-15-14-19-18-11-7-6-8-16(18)12-13-20(19)22-21(15)17-9-4-3-5-10-17/h3-14H,2H2,1H3/q+1. The molecule has 0 fully saturated rings. The topological polar surface area (TPSA) is 11.3 Å². The van der Waals surface area contributed by atoms with Crippen molar-refractivity contribution in [1.29, 1.82) is 0 Å². The van der Waals surface area contributed by atoms with Crippen LogP contribution in [0.4, 0.5) is 0 Å². The van der Waals surface area contributed by atoms with Crippen molar-refractivity contribution in [1.82, 2.24) is 0 Å². The summed E-state index contributed by atoms with van der Waals surface area (Å²) in [5.74, 6) is 0.978. The second-order valence-corrected chi connectivity index (χ2v) is 5.52. The summed E-state index contributed by atoms with van der Waals surface area (Å²) in [5.41, 5.74) is 3.32. The predicted octanol–water partition coefficient (Wildman–Crippen LogP) is 6.10. The van der Waals surface area contributed by atoms with Gasteiger partial charge in [-0.15, -0.1) is 0 Å². The van der Waals surface area contributed by atoms with Crippen LogP contribution >= 0.6 is 0 Å². The van der Waals surface area contributed by atoms with Crippen LogP contribution in [0.3, 0.4) is 0 Å². The van der Waals surface area contributed by atoms with Crippen LogP contribution < -0.4 is 0 Å². The fraction of sp³-hybridized carbons (Fsp3) is 0.0952. The Labute approximate surface area is 129 Å². The van der Waals surface area contributed by atoms with Crippen LogP contribution in [-0.2, 0) is 6.42 Å². The summed E-state index contributed by atoms with van der Waals surface area (Å²) < 4.78 is 6.28. The number of hydrogen-bond acceptors (Lipinski definition) is 0. The lowest BCUT2D eigenvalue weighted by atomic mass is 10.0. The van der Waals surface area contributed by atoms with Crippen LogP contribution in [0, 0.1) is 0 Å². The highest BCUT2D eigenvalue weighted by Crippen LogP contribution is 2.32. The molecule has 4 rings (SSSR count). The molecule has 0 aliphatic heterocycles. The third kappa shape index (κ3) is 2.06. The Balaban J connectivity index is 2.06. The zero-order valence-electron chi connectivity index (χ0n) is 12.5. The van der Waals surface area contributed by atoms with Gasteiger partial charge in [0.1, 0.15) is 0 Å². The van der Waals surface area contributed by atoms with E-state index in [-0.39, 0.29) is 0 Å². The first-order valence-electron chi connectivity index (χ1n) is 7.69. The van der Waals surface area contributed by atoms with E-state index in [1.807, 2.05) is 6.07 Å². The van der Waals surface area contributed by atoms with Crippen LogP contribution in [0.15, 0.2) is 77.2 Å². The third-order valence-corrected chi connectivity index (χ3v) is 4.17. The minimum Gasteiger partial charge on any atom is -0.207 e. The van der Waals surface area contributed by atoms with E-state index >= 15 is 0 Å². The summed E-state index contributed by atoms with van der Waals surface area (Å²) in [7, 11) is 0. The monoisotopic (exact) mass is 285 g/mol. The van der Waals surface area contributed by atoms with E-state index in [0.717, 1.165) is 23.3 Å². The van der Waals surface area contributed by atoms with E-state index in [0.29, 0.717) is 0 Å². The van der Waals surface area contributed by atoms with Gasteiger partial charge in [-0.05, 0) is 41.5 Å². The maximum absolute atomic E-state index is 6.28. The lowest BCUT2D eigenvalue weighted by molar-refractivity contribution is 0.613. The van der Waals surface area contributed by atoms with Crippen molar-refractivity contribution in [2.24, 2.45) is 0 Å². The Hall–Kier alpha value is -2.67. The molecule has 0 saturated heterocycles. The van der Waals surface area contributed by atoms with Gasteiger partial charge < -0.3 is 0 Å². The highest BCUT2D eigenvalue weighted by atomic mass is 16.3. The van der Waals surface area contributed by atoms with Gasteiger partial charge >= 0.3 is 11.3 Å². The first-order valence-corrected chi connectivity index (χ1v) is 7.69. The summed E-state index contributed by atoms with van der Waals surface area (Å²) in [4.78, 5) is 0. The molecule has 0 bridgehead atoms. The lowest BCUT2D eigenvalue weighted by Crippen LogP contribution is -1.89. The van der Waals surface area contributed by atoms with Crippen molar-refractivity contribution in [2.75, 3.05) is 0 Å². The highest BCUT2D eigenvalue weighted by molar-refractivity contribution is 6.06. The van der Waals surface area contributed by atoms with Crippen LogP contribution in [0.2, 0.25) is 0 Å².